The van der Waals surface area contributed by atoms with E-state index in [0.29, 0.717) is 34.7 Å². The number of rotatable bonds is 5. The molecular weight excluding hydrogens is 666 g/mol. The van der Waals surface area contributed by atoms with E-state index in [4.69, 9.17) is 0 Å². The van der Waals surface area contributed by atoms with Gasteiger partial charge in [-0.15, -0.1) is 0 Å². The molecular formula is C18H6F13IN2O3. The van der Waals surface area contributed by atoms with Crippen LogP contribution in [-0.2, 0) is 11.8 Å². The first-order valence-corrected chi connectivity index (χ1v) is 9.92. The van der Waals surface area contributed by atoms with Crippen LogP contribution in [0.3, 0.4) is 0 Å². The molecule has 37 heavy (non-hydrogen) atoms. The second-order valence-corrected chi connectivity index (χ2v) is 8.12. The number of alkyl halides is 12. The fourth-order valence-electron chi connectivity index (χ4n) is 2.89. The lowest BCUT2D eigenvalue weighted by atomic mass is 9.86. The smallest absolute Gasteiger partial charge is 0.320 e. The van der Waals surface area contributed by atoms with Gasteiger partial charge < -0.3 is 5.32 Å². The van der Waals surface area contributed by atoms with Crippen LogP contribution in [0.1, 0.15) is 21.5 Å². The molecule has 0 heterocycles. The Morgan fingerprint density at radius 3 is 1.86 bits per heavy atom. The van der Waals surface area contributed by atoms with Crippen molar-refractivity contribution < 1.29 is 66.8 Å². The third kappa shape index (κ3) is 5.26. The van der Waals surface area contributed by atoms with Gasteiger partial charge in [0.2, 0.25) is 5.82 Å². The first-order chi connectivity index (χ1) is 16.5. The number of hydrogen-bond acceptors (Lipinski definition) is 3. The molecule has 0 saturated heterocycles. The predicted octanol–water partition coefficient (Wildman–Crippen LogP) is 7.53. The van der Waals surface area contributed by atoms with Crippen molar-refractivity contribution >= 4 is 39.9 Å². The van der Waals surface area contributed by atoms with Gasteiger partial charge in [-0.1, -0.05) is 6.07 Å². The molecule has 19 heteroatoms. The topological polar surface area (TPSA) is 72.2 Å². The Kier molecular flexibility index (Phi) is 7.76. The summed E-state index contributed by atoms with van der Waals surface area (Å²) in [5, 5.41) is 12.1. The van der Waals surface area contributed by atoms with Crippen molar-refractivity contribution in [2.45, 2.75) is 30.1 Å². The number of nitro benzene ring substituents is 1. The SMILES string of the molecule is O=C(Nc1c(I)cc(C(F)(C(F)(F)F)C(F)(F)C(F)(F)F)cc1C(F)(F)F)c1cccc([N+](=O)[O-])c1F. The second-order valence-electron chi connectivity index (χ2n) is 6.96. The van der Waals surface area contributed by atoms with Gasteiger partial charge in [-0.05, 0) is 40.8 Å². The van der Waals surface area contributed by atoms with Crippen LogP contribution in [-0.4, -0.2) is 29.1 Å². The van der Waals surface area contributed by atoms with Crippen LogP contribution in [0.5, 0.6) is 0 Å². The number of nitrogens with one attached hydrogen (secondary N) is 1. The van der Waals surface area contributed by atoms with Gasteiger partial charge in [0.15, 0.2) is 0 Å². The average Bonchev–Trinajstić information content (AvgIpc) is 2.71. The Morgan fingerprint density at radius 2 is 1.43 bits per heavy atom. The molecule has 0 saturated carbocycles. The normalized spacial score (nSPS) is 14.8. The molecule has 2 rings (SSSR count). The van der Waals surface area contributed by atoms with Gasteiger partial charge in [0, 0.05) is 15.2 Å². The molecule has 1 N–H and O–H groups in total. The van der Waals surface area contributed by atoms with E-state index in [0.717, 1.165) is 6.07 Å². The van der Waals surface area contributed by atoms with Crippen LogP contribution >= 0.6 is 22.6 Å². The number of nitrogens with zero attached hydrogens (tertiary/aromatic N) is 1. The second kappa shape index (κ2) is 9.46. The lowest BCUT2D eigenvalue weighted by molar-refractivity contribution is -0.389. The molecule has 204 valence electrons. The number of carbonyl (C=O) groups is 1. The predicted molar refractivity (Wildman–Crippen MR) is 105 cm³/mol. The highest BCUT2D eigenvalue weighted by Crippen LogP contribution is 2.59. The van der Waals surface area contributed by atoms with Crippen LogP contribution < -0.4 is 5.32 Å². The summed E-state index contributed by atoms with van der Waals surface area (Å²) in [5.41, 5.74) is -16.2. The van der Waals surface area contributed by atoms with E-state index in [9.17, 15) is 72.0 Å². The highest BCUT2D eigenvalue weighted by molar-refractivity contribution is 14.1. The standard InChI is InChI=1S/C18H6F13IN2O3/c19-11-7(2-1-3-10(11)34(36)37)13(35)33-12-8(15(21,22)23)4-6(5-9(12)32)14(20,17(26,27)28)16(24,25)18(29,30)31/h1-5H,(H,33,35). The van der Waals surface area contributed by atoms with Crippen molar-refractivity contribution in [3.8, 4) is 0 Å². The molecule has 0 aliphatic rings. The fourth-order valence-corrected chi connectivity index (χ4v) is 3.65. The molecule has 1 atom stereocenters. The summed E-state index contributed by atoms with van der Waals surface area (Å²) >= 11 is 0.671. The van der Waals surface area contributed by atoms with Crippen LogP contribution in [0, 0.1) is 19.5 Å². The Hall–Kier alpha value is -2.87. The third-order valence-corrected chi connectivity index (χ3v) is 5.48. The highest BCUT2D eigenvalue weighted by atomic mass is 127. The largest absolute Gasteiger partial charge is 0.457 e. The zero-order valence-corrected chi connectivity index (χ0v) is 19.0. The molecule has 2 aromatic rings. The quantitative estimate of drug-likeness (QED) is 0.155. The van der Waals surface area contributed by atoms with E-state index in [1.807, 2.05) is 0 Å². The number of halogens is 14. The highest BCUT2D eigenvalue weighted by Gasteiger charge is 2.81. The van der Waals surface area contributed by atoms with Crippen molar-refractivity contribution in [2.75, 3.05) is 5.32 Å². The van der Waals surface area contributed by atoms with Crippen molar-refractivity contribution in [1.29, 1.82) is 0 Å². The van der Waals surface area contributed by atoms with Crippen molar-refractivity contribution in [2.24, 2.45) is 0 Å². The number of hydrogen-bond donors (Lipinski definition) is 1. The molecule has 2 aromatic carbocycles. The number of amides is 1. The minimum atomic E-state index is -7.28. The van der Waals surface area contributed by atoms with Gasteiger partial charge in [-0.3, -0.25) is 14.9 Å². The summed E-state index contributed by atoms with van der Waals surface area (Å²) in [6, 6.07) is 0.364. The summed E-state index contributed by atoms with van der Waals surface area (Å²) < 4.78 is 174. The van der Waals surface area contributed by atoms with Gasteiger partial charge in [0.05, 0.1) is 21.7 Å². The molecule has 0 fully saturated rings. The molecule has 0 aromatic heterocycles. The Balaban J connectivity index is 2.80. The van der Waals surface area contributed by atoms with Crippen LogP contribution in [0.4, 0.5) is 68.5 Å². The monoisotopic (exact) mass is 672 g/mol. The van der Waals surface area contributed by atoms with Gasteiger partial charge in [-0.2, -0.15) is 52.7 Å². The molecule has 0 aliphatic heterocycles. The first kappa shape index (κ1) is 30.4. The van der Waals surface area contributed by atoms with Gasteiger partial charge in [-0.25, -0.2) is 4.39 Å². The zero-order valence-electron chi connectivity index (χ0n) is 16.9. The maximum absolute atomic E-state index is 14.7. The lowest BCUT2D eigenvalue weighted by Gasteiger charge is -2.36. The average molecular weight is 672 g/mol. The summed E-state index contributed by atoms with van der Waals surface area (Å²) in [6.45, 7) is 0. The lowest BCUT2D eigenvalue weighted by Crippen LogP contribution is -2.59. The molecule has 5 nitrogen and oxygen atoms in total. The summed E-state index contributed by atoms with van der Waals surface area (Å²) in [6.07, 6.45) is -20.2. The van der Waals surface area contributed by atoms with Crippen molar-refractivity contribution in [3.63, 3.8) is 0 Å². The van der Waals surface area contributed by atoms with Crippen LogP contribution in [0.15, 0.2) is 30.3 Å². The van der Waals surface area contributed by atoms with Crippen LogP contribution in [0.25, 0.3) is 0 Å². The molecule has 0 radical (unpaired) electrons. The van der Waals surface area contributed by atoms with Gasteiger partial charge in [0.25, 0.3) is 5.91 Å². The Bertz CT molecular complexity index is 1240. The van der Waals surface area contributed by atoms with Crippen LogP contribution in [0.2, 0.25) is 0 Å². The summed E-state index contributed by atoms with van der Waals surface area (Å²) in [7, 11) is 0. The van der Waals surface area contributed by atoms with Crippen molar-refractivity contribution in [1.82, 2.24) is 0 Å². The maximum atomic E-state index is 14.7. The minimum absolute atomic E-state index is 0.456. The number of carbonyl (C=O) groups excluding carboxylic acids is 1. The van der Waals surface area contributed by atoms with Crippen molar-refractivity contribution in [3.05, 3.63) is 66.5 Å². The Labute approximate surface area is 208 Å². The third-order valence-electron chi connectivity index (χ3n) is 4.63. The molecule has 0 spiro atoms. The van der Waals surface area contributed by atoms with E-state index in [1.54, 1.807) is 0 Å². The van der Waals surface area contributed by atoms with E-state index < -0.39 is 90.5 Å². The van der Waals surface area contributed by atoms with Gasteiger partial charge in [0.1, 0.15) is 0 Å². The zero-order chi connectivity index (χ0) is 28.9. The number of benzene rings is 2. The van der Waals surface area contributed by atoms with E-state index in [-0.39, 0.29) is 0 Å². The molecule has 1 unspecified atom stereocenters. The molecule has 0 bridgehead atoms. The fraction of sp³-hybridized carbons (Fsp3) is 0.278. The van der Waals surface area contributed by atoms with E-state index in [1.165, 1.54) is 5.32 Å². The minimum Gasteiger partial charge on any atom is -0.320 e. The van der Waals surface area contributed by atoms with E-state index in [2.05, 4.69) is 0 Å². The maximum Gasteiger partial charge on any atom is 0.457 e. The number of nitro groups is 1. The van der Waals surface area contributed by atoms with E-state index >= 15 is 0 Å². The number of anilines is 1. The Morgan fingerprint density at radius 1 is 0.892 bits per heavy atom. The molecule has 1 amide bonds. The summed E-state index contributed by atoms with van der Waals surface area (Å²) in [5.74, 6) is -11.0. The first-order valence-electron chi connectivity index (χ1n) is 8.84. The molecule has 0 aliphatic carbocycles. The van der Waals surface area contributed by atoms with Gasteiger partial charge >= 0.3 is 35.8 Å². The summed E-state index contributed by atoms with van der Waals surface area (Å²) in [4.78, 5) is 21.8.